The number of alkyl halides is 3. The minimum atomic E-state index is -4.94. The van der Waals surface area contributed by atoms with Gasteiger partial charge >= 0.3 is 6.36 Å². The van der Waals surface area contributed by atoms with Crippen LogP contribution in [0.3, 0.4) is 0 Å². The summed E-state index contributed by atoms with van der Waals surface area (Å²) < 4.78 is 38.5. The van der Waals surface area contributed by atoms with Crippen LogP contribution in [0, 0.1) is 11.3 Å². The lowest BCUT2D eigenvalue weighted by molar-refractivity contribution is -0.275. The topological polar surface area (TPSA) is 65.9 Å². The van der Waals surface area contributed by atoms with Crippen molar-refractivity contribution in [2.75, 3.05) is 0 Å². The number of H-pyrrole nitrogens is 1. The molecule has 0 aliphatic heterocycles. The summed E-state index contributed by atoms with van der Waals surface area (Å²) in [6, 6.07) is 2.28. The Labute approximate surface area is 75.5 Å². The lowest BCUT2D eigenvalue weighted by Gasteiger charge is -2.07. The van der Waals surface area contributed by atoms with Crippen molar-refractivity contribution in [3.8, 4) is 11.8 Å². The fourth-order valence-electron chi connectivity index (χ4n) is 0.728. The Bertz CT molecular complexity index is 430. The first kappa shape index (κ1) is 10.1. The molecule has 0 atom stereocenters. The fourth-order valence-corrected chi connectivity index (χ4v) is 0.728. The molecule has 0 unspecified atom stereocenters. The van der Waals surface area contributed by atoms with Gasteiger partial charge < -0.3 is 9.72 Å². The Morgan fingerprint density at radius 2 is 2.14 bits per heavy atom. The largest absolute Gasteiger partial charge is 0.573 e. The molecule has 1 aromatic rings. The van der Waals surface area contributed by atoms with Crippen LogP contribution in [0.15, 0.2) is 17.1 Å². The number of rotatable bonds is 1. The number of aromatic amines is 1. The number of nitrogens with zero attached hydrogens (tertiary/aromatic N) is 1. The van der Waals surface area contributed by atoms with Crippen LogP contribution in [0.1, 0.15) is 5.56 Å². The highest BCUT2D eigenvalue weighted by atomic mass is 19.4. The number of ether oxygens (including phenoxy) is 1. The van der Waals surface area contributed by atoms with Crippen LogP contribution in [-0.4, -0.2) is 11.3 Å². The molecule has 0 bridgehead atoms. The van der Waals surface area contributed by atoms with Crippen LogP contribution < -0.4 is 10.3 Å². The minimum Gasteiger partial charge on any atom is -0.400 e. The first-order valence-electron chi connectivity index (χ1n) is 3.31. The van der Waals surface area contributed by atoms with Crippen molar-refractivity contribution < 1.29 is 17.9 Å². The second-order valence-corrected chi connectivity index (χ2v) is 2.24. The summed E-state index contributed by atoms with van der Waals surface area (Å²) in [4.78, 5) is 12.7. The molecule has 0 spiro atoms. The predicted molar refractivity (Wildman–Crippen MR) is 38.5 cm³/mol. The van der Waals surface area contributed by atoms with Crippen molar-refractivity contribution in [1.82, 2.24) is 4.98 Å². The first-order valence-corrected chi connectivity index (χ1v) is 3.31. The van der Waals surface area contributed by atoms with Gasteiger partial charge in [-0.05, 0) is 0 Å². The number of aromatic nitrogens is 1. The second kappa shape index (κ2) is 3.41. The van der Waals surface area contributed by atoms with Gasteiger partial charge in [0.2, 0.25) is 0 Å². The number of hydrogen-bond donors (Lipinski definition) is 1. The quantitative estimate of drug-likeness (QED) is 0.745. The second-order valence-electron chi connectivity index (χ2n) is 2.24. The van der Waals surface area contributed by atoms with E-state index in [4.69, 9.17) is 5.26 Å². The van der Waals surface area contributed by atoms with E-state index in [2.05, 4.69) is 4.74 Å². The Morgan fingerprint density at radius 3 is 2.64 bits per heavy atom. The van der Waals surface area contributed by atoms with Gasteiger partial charge in [-0.1, -0.05) is 0 Å². The van der Waals surface area contributed by atoms with Crippen LogP contribution in [0.2, 0.25) is 0 Å². The molecule has 14 heavy (non-hydrogen) atoms. The van der Waals surface area contributed by atoms with E-state index in [1.54, 1.807) is 6.07 Å². The molecule has 1 rings (SSSR count). The Hall–Kier alpha value is -1.97. The molecule has 1 N–H and O–H groups in total. The summed E-state index contributed by atoms with van der Waals surface area (Å²) in [5.41, 5.74) is -1.16. The average Bonchev–Trinajstić information content (AvgIpc) is 2.06. The SMILES string of the molecule is N#Cc1c[nH]c(=O)c(OC(F)(F)F)c1. The number of nitriles is 1. The zero-order valence-electron chi connectivity index (χ0n) is 6.55. The van der Waals surface area contributed by atoms with Crippen molar-refractivity contribution in [1.29, 1.82) is 5.26 Å². The van der Waals surface area contributed by atoms with Crippen molar-refractivity contribution in [3.05, 3.63) is 28.2 Å². The maximum Gasteiger partial charge on any atom is 0.573 e. The van der Waals surface area contributed by atoms with Crippen molar-refractivity contribution >= 4 is 0 Å². The Balaban J connectivity index is 3.09. The third-order valence-corrected chi connectivity index (χ3v) is 1.22. The van der Waals surface area contributed by atoms with Crippen LogP contribution in [-0.2, 0) is 0 Å². The molecule has 0 aliphatic carbocycles. The van der Waals surface area contributed by atoms with Crippen LogP contribution in [0.5, 0.6) is 5.75 Å². The number of pyridine rings is 1. The van der Waals surface area contributed by atoms with Gasteiger partial charge in [0.15, 0.2) is 5.75 Å². The monoisotopic (exact) mass is 204 g/mol. The molecular weight excluding hydrogens is 201 g/mol. The highest BCUT2D eigenvalue weighted by Gasteiger charge is 2.32. The Kier molecular flexibility index (Phi) is 2.47. The number of hydrogen-bond acceptors (Lipinski definition) is 3. The zero-order valence-corrected chi connectivity index (χ0v) is 6.55. The normalized spacial score (nSPS) is 10.7. The molecule has 0 aliphatic rings. The molecule has 74 valence electrons. The smallest absolute Gasteiger partial charge is 0.400 e. The molecule has 0 radical (unpaired) electrons. The summed E-state index contributed by atoms with van der Waals surface area (Å²) in [5, 5.41) is 8.34. The van der Waals surface area contributed by atoms with Crippen LogP contribution in [0.4, 0.5) is 13.2 Å². The van der Waals surface area contributed by atoms with Gasteiger partial charge in [0, 0.05) is 12.3 Å². The van der Waals surface area contributed by atoms with Crippen molar-refractivity contribution in [2.45, 2.75) is 6.36 Å². The van der Waals surface area contributed by atoms with Gasteiger partial charge in [0.05, 0.1) is 5.56 Å². The maximum absolute atomic E-state index is 11.7. The van der Waals surface area contributed by atoms with E-state index < -0.39 is 17.7 Å². The zero-order chi connectivity index (χ0) is 10.8. The van der Waals surface area contributed by atoms with Crippen LogP contribution in [0.25, 0.3) is 0 Å². The summed E-state index contributed by atoms with van der Waals surface area (Å²) in [6.45, 7) is 0. The molecule has 0 aromatic carbocycles. The molecule has 4 nitrogen and oxygen atoms in total. The lowest BCUT2D eigenvalue weighted by atomic mass is 10.3. The molecular formula is C7H3F3N2O2. The summed E-state index contributed by atoms with van der Waals surface area (Å²) >= 11 is 0. The van der Waals surface area contributed by atoms with Gasteiger partial charge in [-0.3, -0.25) is 4.79 Å². The molecule has 0 saturated carbocycles. The highest BCUT2D eigenvalue weighted by molar-refractivity contribution is 5.32. The standard InChI is InChI=1S/C7H3F3N2O2/c8-7(9,10)14-5-1-4(2-11)3-12-6(5)13/h1,3H,(H,12,13). The van der Waals surface area contributed by atoms with Gasteiger partial charge in [0.1, 0.15) is 6.07 Å². The van der Waals surface area contributed by atoms with E-state index in [1.807, 2.05) is 4.98 Å². The highest BCUT2D eigenvalue weighted by Crippen LogP contribution is 2.19. The van der Waals surface area contributed by atoms with Crippen molar-refractivity contribution in [2.24, 2.45) is 0 Å². The van der Waals surface area contributed by atoms with E-state index in [0.29, 0.717) is 6.07 Å². The van der Waals surface area contributed by atoms with Crippen molar-refractivity contribution in [3.63, 3.8) is 0 Å². The molecule has 0 fully saturated rings. The van der Waals surface area contributed by atoms with Gasteiger partial charge in [-0.2, -0.15) is 5.26 Å². The van der Waals surface area contributed by atoms with E-state index >= 15 is 0 Å². The number of halogens is 3. The Morgan fingerprint density at radius 1 is 1.50 bits per heavy atom. The molecule has 0 saturated heterocycles. The molecule has 1 aromatic heterocycles. The lowest BCUT2D eigenvalue weighted by Crippen LogP contribution is -2.22. The summed E-state index contributed by atoms with van der Waals surface area (Å²) in [5.74, 6) is -0.948. The fraction of sp³-hybridized carbons (Fsp3) is 0.143. The van der Waals surface area contributed by atoms with Crippen LogP contribution >= 0.6 is 0 Å². The van der Waals surface area contributed by atoms with E-state index in [0.717, 1.165) is 6.20 Å². The minimum absolute atomic E-state index is 0.121. The molecule has 1 heterocycles. The van der Waals surface area contributed by atoms with Gasteiger partial charge in [0.25, 0.3) is 5.56 Å². The van der Waals surface area contributed by atoms with Gasteiger partial charge in [-0.25, -0.2) is 0 Å². The third kappa shape index (κ3) is 2.52. The number of nitrogens with one attached hydrogen (secondary N) is 1. The van der Waals surface area contributed by atoms with E-state index in [-0.39, 0.29) is 5.56 Å². The maximum atomic E-state index is 11.7. The van der Waals surface area contributed by atoms with E-state index in [1.165, 1.54) is 0 Å². The first-order chi connectivity index (χ1) is 6.42. The predicted octanol–water partition coefficient (Wildman–Crippen LogP) is 1.15. The third-order valence-electron chi connectivity index (χ3n) is 1.22. The van der Waals surface area contributed by atoms with Gasteiger partial charge in [-0.15, -0.1) is 13.2 Å². The molecule has 7 heteroatoms. The van der Waals surface area contributed by atoms with E-state index in [9.17, 15) is 18.0 Å². The molecule has 0 amide bonds. The summed E-state index contributed by atoms with van der Waals surface area (Å²) in [7, 11) is 0. The average molecular weight is 204 g/mol. The summed E-state index contributed by atoms with van der Waals surface area (Å²) in [6.07, 6.45) is -3.95.